The highest BCUT2D eigenvalue weighted by molar-refractivity contribution is 6.08. The maximum Gasteiger partial charge on any atom is 0.410 e. The summed E-state index contributed by atoms with van der Waals surface area (Å²) in [5, 5.41) is 14.9. The van der Waals surface area contributed by atoms with Crippen molar-refractivity contribution < 1.29 is 14.5 Å². The summed E-state index contributed by atoms with van der Waals surface area (Å²) in [7, 11) is 0. The number of rotatable bonds is 5. The monoisotopic (exact) mass is 557 g/mol. The van der Waals surface area contributed by atoms with E-state index >= 15 is 0 Å². The second kappa shape index (κ2) is 10.2. The van der Waals surface area contributed by atoms with E-state index in [1.807, 2.05) is 48.5 Å². The molecule has 7 nitrogen and oxygen atoms in total. The van der Waals surface area contributed by atoms with Crippen LogP contribution in [-0.2, 0) is 9.53 Å². The molecule has 0 aromatic heterocycles. The first-order chi connectivity index (χ1) is 20.5. The van der Waals surface area contributed by atoms with Gasteiger partial charge >= 0.3 is 11.7 Å². The Morgan fingerprint density at radius 1 is 1.00 bits per heavy atom. The van der Waals surface area contributed by atoms with Gasteiger partial charge in [-0.25, -0.2) is 4.79 Å². The van der Waals surface area contributed by atoms with Crippen LogP contribution in [-0.4, -0.2) is 23.2 Å². The van der Waals surface area contributed by atoms with Crippen molar-refractivity contribution in [2.75, 3.05) is 11.5 Å². The fourth-order valence-electron chi connectivity index (χ4n) is 7.35. The average molecular weight is 558 g/mol. The lowest BCUT2D eigenvalue weighted by atomic mass is 9.66. The summed E-state index contributed by atoms with van der Waals surface area (Å²) in [5.41, 5.74) is 3.04. The van der Waals surface area contributed by atoms with Gasteiger partial charge in [0.05, 0.1) is 27.8 Å². The zero-order valence-corrected chi connectivity index (χ0v) is 23.4. The maximum atomic E-state index is 13.0. The lowest BCUT2D eigenvalue weighted by Gasteiger charge is -2.53. The first-order valence-corrected chi connectivity index (χ1v) is 14.6. The van der Waals surface area contributed by atoms with Gasteiger partial charge < -0.3 is 9.64 Å². The molecule has 4 aromatic rings. The highest BCUT2D eigenvalue weighted by atomic mass is 16.6. The molecule has 210 valence electrons. The second-order valence-corrected chi connectivity index (χ2v) is 11.2. The minimum Gasteiger partial charge on any atom is -0.458 e. The molecule has 3 aliphatic rings. The number of nitrogens with zero attached hydrogens (tertiary/aromatic N) is 3. The van der Waals surface area contributed by atoms with Crippen LogP contribution in [0.3, 0.4) is 0 Å². The zero-order valence-electron chi connectivity index (χ0n) is 23.4. The van der Waals surface area contributed by atoms with Crippen LogP contribution in [0.15, 0.2) is 102 Å². The Labute approximate surface area is 243 Å². The van der Waals surface area contributed by atoms with Crippen LogP contribution >= 0.6 is 0 Å². The number of carbonyl (C=O) groups is 1. The Kier molecular flexibility index (Phi) is 6.38. The van der Waals surface area contributed by atoms with Crippen molar-refractivity contribution in [3.05, 3.63) is 129 Å². The van der Waals surface area contributed by atoms with E-state index in [2.05, 4.69) is 47.4 Å². The number of ether oxygens (including phenoxy) is 1. The first kappa shape index (κ1) is 26.1. The number of nitro groups is 1. The predicted octanol–water partition coefficient (Wildman–Crippen LogP) is 5.95. The van der Waals surface area contributed by atoms with E-state index in [1.165, 1.54) is 5.56 Å². The summed E-state index contributed by atoms with van der Waals surface area (Å²) in [6, 6.07) is 30.3. The van der Waals surface area contributed by atoms with Gasteiger partial charge in [0.2, 0.25) is 0 Å². The Hall–Kier alpha value is -4.78. The molecule has 1 saturated carbocycles. The van der Waals surface area contributed by atoms with Crippen LogP contribution in [0.2, 0.25) is 0 Å². The molecule has 42 heavy (non-hydrogen) atoms. The molecule has 0 N–H and O–H groups in total. The molecular formula is C35H31N3O4. The molecule has 4 aromatic carbocycles. The Bertz CT molecular complexity index is 1870. The molecule has 1 aliphatic carbocycles. The second-order valence-electron chi connectivity index (χ2n) is 11.2. The Morgan fingerprint density at radius 3 is 2.40 bits per heavy atom. The van der Waals surface area contributed by atoms with Crippen LogP contribution in [0, 0.1) is 16.0 Å². The van der Waals surface area contributed by atoms with E-state index in [0.29, 0.717) is 5.39 Å². The maximum absolute atomic E-state index is 13.0. The van der Waals surface area contributed by atoms with Crippen molar-refractivity contribution in [3.8, 4) is 0 Å². The number of benzene rings is 4. The average Bonchev–Trinajstić information content (AvgIpc) is 3.35. The summed E-state index contributed by atoms with van der Waals surface area (Å²) >= 11 is 0. The van der Waals surface area contributed by atoms with Gasteiger partial charge in [-0.1, -0.05) is 97.4 Å². The van der Waals surface area contributed by atoms with Crippen LogP contribution in [0.1, 0.15) is 49.7 Å². The predicted molar refractivity (Wildman–Crippen MR) is 163 cm³/mol. The SMILES string of the molecule is CCOC(=O)C(=c1cc2c(c3ccccc13)=NC13CCCCC1C(c1ccccc1)C=C(c1ccccc1)N23)[N+](=O)[O-]. The molecular weight excluding hydrogens is 526 g/mol. The third kappa shape index (κ3) is 3.95. The number of anilines is 1. The Morgan fingerprint density at radius 2 is 1.69 bits per heavy atom. The van der Waals surface area contributed by atoms with E-state index in [1.54, 1.807) is 13.0 Å². The molecule has 3 atom stereocenters. The van der Waals surface area contributed by atoms with Gasteiger partial charge in [-0.2, -0.15) is 0 Å². The van der Waals surface area contributed by atoms with Gasteiger partial charge in [0.25, 0.3) is 0 Å². The molecule has 0 saturated heterocycles. The molecule has 0 radical (unpaired) electrons. The lowest BCUT2D eigenvalue weighted by Crippen LogP contribution is -2.55. The van der Waals surface area contributed by atoms with Crippen molar-refractivity contribution in [2.45, 2.75) is 44.2 Å². The summed E-state index contributed by atoms with van der Waals surface area (Å²) in [6.07, 6.45) is 6.41. The van der Waals surface area contributed by atoms with Gasteiger partial charge in [0.1, 0.15) is 5.66 Å². The summed E-state index contributed by atoms with van der Waals surface area (Å²) in [5.74, 6) is -0.573. The summed E-state index contributed by atoms with van der Waals surface area (Å²) in [4.78, 5) is 32.7. The summed E-state index contributed by atoms with van der Waals surface area (Å²) < 4.78 is 5.17. The number of hydrogen-bond donors (Lipinski definition) is 0. The first-order valence-electron chi connectivity index (χ1n) is 14.6. The van der Waals surface area contributed by atoms with E-state index < -0.39 is 22.3 Å². The number of esters is 1. The van der Waals surface area contributed by atoms with Crippen LogP contribution in [0.5, 0.6) is 0 Å². The molecule has 7 heteroatoms. The Balaban J connectivity index is 1.59. The molecule has 1 fully saturated rings. The van der Waals surface area contributed by atoms with Crippen molar-refractivity contribution in [1.29, 1.82) is 0 Å². The lowest BCUT2D eigenvalue weighted by molar-refractivity contribution is -0.378. The fourth-order valence-corrected chi connectivity index (χ4v) is 7.35. The standard InChI is InChI=1S/C35H31N3O4/c1-2-42-34(39)33(38(40)41)28-22-31-32(26-18-10-9-17-25(26)28)36-35-20-12-11-19-29(35)27(23-13-5-3-6-14-23)21-30(37(31)35)24-15-7-4-8-16-24/h3-10,13-18,21-22,27,29H,2,11-12,19-20H2,1H3. The van der Waals surface area contributed by atoms with Crippen LogP contribution < -0.4 is 15.5 Å². The smallest absolute Gasteiger partial charge is 0.410 e. The largest absolute Gasteiger partial charge is 0.458 e. The number of allylic oxidation sites excluding steroid dienone is 1. The third-order valence-corrected chi connectivity index (χ3v) is 9.01. The van der Waals surface area contributed by atoms with Gasteiger partial charge in [0.15, 0.2) is 0 Å². The van der Waals surface area contributed by atoms with Crippen LogP contribution in [0.25, 0.3) is 22.2 Å². The zero-order chi connectivity index (χ0) is 28.8. The van der Waals surface area contributed by atoms with Gasteiger partial charge in [-0.05, 0) is 48.8 Å². The van der Waals surface area contributed by atoms with Crippen LogP contribution in [0.4, 0.5) is 5.69 Å². The fraction of sp³-hybridized carbons (Fsp3) is 0.257. The van der Waals surface area contributed by atoms with E-state index in [0.717, 1.165) is 53.4 Å². The number of hydrogen-bond acceptors (Lipinski definition) is 6. The number of fused-ring (bicyclic) bond motifs is 4. The summed E-state index contributed by atoms with van der Waals surface area (Å²) in [6.45, 7) is 1.70. The van der Waals surface area contributed by atoms with Crippen molar-refractivity contribution in [3.63, 3.8) is 0 Å². The minimum atomic E-state index is -0.936. The van der Waals surface area contributed by atoms with Gasteiger partial charge in [0, 0.05) is 22.9 Å². The van der Waals surface area contributed by atoms with E-state index in [-0.39, 0.29) is 23.7 Å². The molecule has 2 aliphatic heterocycles. The number of carbonyl (C=O) groups excluding carboxylic acids is 1. The molecule has 2 heterocycles. The molecule has 3 unspecified atom stereocenters. The molecule has 0 bridgehead atoms. The van der Waals surface area contributed by atoms with Crippen molar-refractivity contribution >= 4 is 33.8 Å². The van der Waals surface area contributed by atoms with Gasteiger partial charge in [-0.3, -0.25) is 15.1 Å². The topological polar surface area (TPSA) is 85.0 Å². The highest BCUT2D eigenvalue weighted by Gasteiger charge is 2.55. The van der Waals surface area contributed by atoms with Crippen molar-refractivity contribution in [2.24, 2.45) is 10.9 Å². The molecule has 0 amide bonds. The van der Waals surface area contributed by atoms with E-state index in [9.17, 15) is 14.9 Å². The normalized spacial score (nSPS) is 23.2. The van der Waals surface area contributed by atoms with Crippen molar-refractivity contribution in [1.82, 2.24) is 0 Å². The molecule has 7 rings (SSSR count). The third-order valence-electron chi connectivity index (χ3n) is 9.01. The highest BCUT2D eigenvalue weighted by Crippen LogP contribution is 2.56. The van der Waals surface area contributed by atoms with E-state index in [4.69, 9.17) is 9.73 Å². The molecule has 1 spiro atoms. The minimum absolute atomic E-state index is 0.0487. The quantitative estimate of drug-likeness (QED) is 0.172. The van der Waals surface area contributed by atoms with Gasteiger partial charge in [-0.15, -0.1) is 0 Å².